The molecule has 0 amide bonds. The molecule has 0 N–H and O–H groups in total. The standard InChI is InChI=1S/C55H42N2/c1-54(2)48-25-15-14-24-45(48)46-31-28-42(35-50(46)54)57(41-21-10-5-11-22-41)43-29-33-52(56-36-43)38-26-30-47-51(34-38)55(39-17-6-3-7-18-39,40-19-8-4-9-20-40)49-32-27-37-16-12-13-23-44(37)53(47)49/h3-11,13-15,17-36H,12,16H2,1-2H3. The summed E-state index contributed by atoms with van der Waals surface area (Å²) >= 11 is 0. The number of nitrogens with zero attached hydrogens (tertiary/aromatic N) is 2. The van der Waals surface area contributed by atoms with Crippen LogP contribution in [-0.2, 0) is 17.3 Å². The summed E-state index contributed by atoms with van der Waals surface area (Å²) in [6.45, 7) is 4.69. The lowest BCUT2D eigenvalue weighted by atomic mass is 9.67. The monoisotopic (exact) mass is 730 g/mol. The fourth-order valence-corrected chi connectivity index (χ4v) is 10.2. The molecule has 272 valence electrons. The van der Waals surface area contributed by atoms with E-state index < -0.39 is 5.41 Å². The molecule has 0 saturated carbocycles. The molecule has 1 heterocycles. The van der Waals surface area contributed by atoms with Crippen molar-refractivity contribution in [1.29, 1.82) is 0 Å². The zero-order valence-electron chi connectivity index (χ0n) is 32.3. The van der Waals surface area contributed by atoms with Crippen LogP contribution in [0.15, 0.2) is 188 Å². The minimum atomic E-state index is -0.478. The maximum absolute atomic E-state index is 5.24. The largest absolute Gasteiger partial charge is 0.309 e. The van der Waals surface area contributed by atoms with Gasteiger partial charge in [0.1, 0.15) is 0 Å². The van der Waals surface area contributed by atoms with Gasteiger partial charge in [-0.2, -0.15) is 0 Å². The van der Waals surface area contributed by atoms with Gasteiger partial charge in [-0.15, -0.1) is 0 Å². The van der Waals surface area contributed by atoms with Crippen molar-refractivity contribution in [1.82, 2.24) is 4.98 Å². The second-order valence-corrected chi connectivity index (χ2v) is 16.2. The Morgan fingerprint density at radius 1 is 0.509 bits per heavy atom. The van der Waals surface area contributed by atoms with Crippen LogP contribution in [0.4, 0.5) is 17.1 Å². The molecule has 11 rings (SSSR count). The van der Waals surface area contributed by atoms with Crippen LogP contribution in [0.2, 0.25) is 0 Å². The number of fused-ring (bicyclic) bond motifs is 8. The molecule has 3 aliphatic carbocycles. The zero-order valence-corrected chi connectivity index (χ0v) is 32.3. The molecule has 0 saturated heterocycles. The van der Waals surface area contributed by atoms with Crippen molar-refractivity contribution in [2.24, 2.45) is 0 Å². The van der Waals surface area contributed by atoms with Gasteiger partial charge in [-0.1, -0.05) is 159 Å². The SMILES string of the molecule is CC1(C)c2ccccc2-c2ccc(N(c3ccccc3)c3ccc(-c4ccc5c(c4)C(c4ccccc4)(c4ccccc4)c4ccc6c(c4-5)C=CCC6)nc3)cc21. The number of aryl methyl sites for hydroxylation is 1. The summed E-state index contributed by atoms with van der Waals surface area (Å²) < 4.78 is 0. The first-order chi connectivity index (χ1) is 28.0. The fourth-order valence-electron chi connectivity index (χ4n) is 10.2. The molecule has 2 heteroatoms. The van der Waals surface area contributed by atoms with Gasteiger partial charge in [0.05, 0.1) is 23.0 Å². The molecule has 0 radical (unpaired) electrons. The Balaban J connectivity index is 1.05. The van der Waals surface area contributed by atoms with Crippen LogP contribution >= 0.6 is 0 Å². The summed E-state index contributed by atoms with van der Waals surface area (Å²) in [4.78, 5) is 7.57. The Bertz CT molecular complexity index is 2810. The molecule has 0 fully saturated rings. The third kappa shape index (κ3) is 5.00. The van der Waals surface area contributed by atoms with Crippen LogP contribution in [0.25, 0.3) is 39.6 Å². The normalized spacial score (nSPS) is 14.9. The lowest BCUT2D eigenvalue weighted by Crippen LogP contribution is -2.28. The number of rotatable bonds is 6. The molecule has 7 aromatic carbocycles. The molecule has 0 atom stereocenters. The van der Waals surface area contributed by atoms with Gasteiger partial charge in [-0.3, -0.25) is 4.98 Å². The third-order valence-electron chi connectivity index (χ3n) is 12.9. The van der Waals surface area contributed by atoms with E-state index in [0.29, 0.717) is 0 Å². The fraction of sp³-hybridized carbons (Fsp3) is 0.109. The van der Waals surface area contributed by atoms with E-state index in [2.05, 4.69) is 207 Å². The number of allylic oxidation sites excluding steroid dienone is 1. The molecule has 1 aromatic heterocycles. The summed E-state index contributed by atoms with van der Waals surface area (Å²) in [6.07, 6.45) is 8.90. The van der Waals surface area contributed by atoms with Gasteiger partial charge >= 0.3 is 0 Å². The van der Waals surface area contributed by atoms with E-state index in [0.717, 1.165) is 41.2 Å². The number of para-hydroxylation sites is 1. The van der Waals surface area contributed by atoms with Crippen molar-refractivity contribution in [3.63, 3.8) is 0 Å². The van der Waals surface area contributed by atoms with E-state index in [9.17, 15) is 0 Å². The number of pyridine rings is 1. The lowest BCUT2D eigenvalue weighted by Gasteiger charge is -2.34. The van der Waals surface area contributed by atoms with Crippen molar-refractivity contribution in [2.75, 3.05) is 4.90 Å². The predicted octanol–water partition coefficient (Wildman–Crippen LogP) is 13.8. The first-order valence-corrected chi connectivity index (χ1v) is 20.2. The van der Waals surface area contributed by atoms with Crippen molar-refractivity contribution in [2.45, 2.75) is 37.5 Å². The second-order valence-electron chi connectivity index (χ2n) is 16.2. The number of benzene rings is 7. The Morgan fingerprint density at radius 2 is 1.18 bits per heavy atom. The van der Waals surface area contributed by atoms with Gasteiger partial charge in [0.15, 0.2) is 0 Å². The Hall–Kier alpha value is -6.77. The Kier molecular flexibility index (Phi) is 7.59. The quantitative estimate of drug-likeness (QED) is 0.169. The van der Waals surface area contributed by atoms with Gasteiger partial charge in [0.2, 0.25) is 0 Å². The number of aromatic nitrogens is 1. The molecule has 8 aromatic rings. The highest BCUT2D eigenvalue weighted by atomic mass is 15.1. The van der Waals surface area contributed by atoms with Gasteiger partial charge in [-0.25, -0.2) is 0 Å². The predicted molar refractivity (Wildman–Crippen MR) is 237 cm³/mol. The molecular formula is C55H42N2. The molecule has 0 bridgehead atoms. The van der Waals surface area contributed by atoms with Gasteiger partial charge in [0.25, 0.3) is 0 Å². The molecule has 0 spiro atoms. The second kappa shape index (κ2) is 12.9. The zero-order chi connectivity index (χ0) is 38.1. The molecule has 3 aliphatic rings. The van der Waals surface area contributed by atoms with Crippen molar-refractivity contribution in [3.8, 4) is 33.5 Å². The summed E-state index contributed by atoms with van der Waals surface area (Å²) in [6, 6.07) is 64.9. The van der Waals surface area contributed by atoms with Gasteiger partial charge < -0.3 is 4.90 Å². The van der Waals surface area contributed by atoms with E-state index >= 15 is 0 Å². The highest BCUT2D eigenvalue weighted by Crippen LogP contribution is 2.58. The smallest absolute Gasteiger partial charge is 0.0714 e. The first kappa shape index (κ1) is 33.6. The van der Waals surface area contributed by atoms with Crippen LogP contribution in [0.3, 0.4) is 0 Å². The summed E-state index contributed by atoms with van der Waals surface area (Å²) in [5.41, 5.74) is 20.8. The van der Waals surface area contributed by atoms with Crippen LogP contribution < -0.4 is 4.90 Å². The minimum absolute atomic E-state index is 0.0933. The van der Waals surface area contributed by atoms with E-state index in [4.69, 9.17) is 4.98 Å². The lowest BCUT2D eigenvalue weighted by molar-refractivity contribution is 0.660. The van der Waals surface area contributed by atoms with Gasteiger partial charge in [-0.05, 0) is 122 Å². The Morgan fingerprint density at radius 3 is 1.91 bits per heavy atom. The molecule has 57 heavy (non-hydrogen) atoms. The molecule has 0 aliphatic heterocycles. The van der Waals surface area contributed by atoms with E-state index in [1.165, 1.54) is 66.8 Å². The average molecular weight is 731 g/mol. The van der Waals surface area contributed by atoms with E-state index in [1.54, 1.807) is 0 Å². The highest BCUT2D eigenvalue weighted by molar-refractivity contribution is 5.94. The average Bonchev–Trinajstić information content (AvgIpc) is 3.70. The van der Waals surface area contributed by atoms with Crippen LogP contribution in [0.1, 0.15) is 64.8 Å². The Labute approximate surface area is 335 Å². The minimum Gasteiger partial charge on any atom is -0.309 e. The topological polar surface area (TPSA) is 16.1 Å². The molecular weight excluding hydrogens is 689 g/mol. The van der Waals surface area contributed by atoms with Crippen LogP contribution in [-0.4, -0.2) is 4.98 Å². The van der Waals surface area contributed by atoms with Crippen LogP contribution in [0, 0.1) is 0 Å². The molecule has 2 nitrogen and oxygen atoms in total. The maximum atomic E-state index is 5.24. The van der Waals surface area contributed by atoms with Crippen molar-refractivity contribution < 1.29 is 0 Å². The van der Waals surface area contributed by atoms with Crippen molar-refractivity contribution >= 4 is 23.1 Å². The summed E-state index contributed by atoms with van der Waals surface area (Å²) in [7, 11) is 0. The molecule has 0 unspecified atom stereocenters. The maximum Gasteiger partial charge on any atom is 0.0714 e. The van der Waals surface area contributed by atoms with Crippen molar-refractivity contribution in [3.05, 3.63) is 233 Å². The number of anilines is 3. The highest BCUT2D eigenvalue weighted by Gasteiger charge is 2.47. The van der Waals surface area contributed by atoms with E-state index in [1.807, 2.05) is 6.20 Å². The number of hydrogen-bond acceptors (Lipinski definition) is 2. The first-order valence-electron chi connectivity index (χ1n) is 20.2. The third-order valence-corrected chi connectivity index (χ3v) is 12.9. The van der Waals surface area contributed by atoms with Gasteiger partial charge in [0, 0.05) is 22.4 Å². The van der Waals surface area contributed by atoms with Crippen LogP contribution in [0.5, 0.6) is 0 Å². The number of hydrogen-bond donors (Lipinski definition) is 0. The summed E-state index contributed by atoms with van der Waals surface area (Å²) in [5, 5.41) is 0. The summed E-state index contributed by atoms with van der Waals surface area (Å²) in [5.74, 6) is 0. The van der Waals surface area contributed by atoms with E-state index in [-0.39, 0.29) is 5.41 Å².